The molecule has 1 saturated heterocycles. The molecule has 0 spiro atoms. The molecule has 0 bridgehead atoms. The molecule has 0 radical (unpaired) electrons. The quantitative estimate of drug-likeness (QED) is 0.833. The number of sulfone groups is 1. The Labute approximate surface area is 111 Å². The zero-order valence-electron chi connectivity index (χ0n) is 10.3. The van der Waals surface area contributed by atoms with Gasteiger partial charge in [-0.1, -0.05) is 0 Å². The fourth-order valence-corrected chi connectivity index (χ4v) is 4.44. The molecule has 18 heavy (non-hydrogen) atoms. The molecule has 1 fully saturated rings. The van der Waals surface area contributed by atoms with Crippen LogP contribution in [0.2, 0.25) is 0 Å². The van der Waals surface area contributed by atoms with Crippen LogP contribution >= 0.6 is 11.5 Å². The molecule has 8 heteroatoms. The summed E-state index contributed by atoms with van der Waals surface area (Å²) in [6, 6.07) is 0. The summed E-state index contributed by atoms with van der Waals surface area (Å²) in [5.41, 5.74) is 5.63. The van der Waals surface area contributed by atoms with Crippen molar-refractivity contribution in [3.63, 3.8) is 0 Å². The largest absolute Gasteiger partial charge is 0.393 e. The normalized spacial score (nSPS) is 22.4. The Morgan fingerprint density at radius 2 is 2.28 bits per heavy atom. The van der Waals surface area contributed by atoms with E-state index in [0.29, 0.717) is 11.5 Å². The predicted octanol–water partition coefficient (Wildman–Crippen LogP) is 0.336. The van der Waals surface area contributed by atoms with Crippen LogP contribution in [0.25, 0.3) is 0 Å². The SMILES string of the molecule is CC(O)C1CCN(c2snc(N)c2S(C)(=O)=O)C1. The molecular weight excluding hydrogens is 274 g/mol. The molecule has 0 saturated carbocycles. The van der Waals surface area contributed by atoms with Crippen molar-refractivity contribution < 1.29 is 13.5 Å². The van der Waals surface area contributed by atoms with E-state index in [1.54, 1.807) is 6.92 Å². The molecule has 1 aliphatic heterocycles. The average Bonchev–Trinajstić information content (AvgIpc) is 2.81. The first kappa shape index (κ1) is 13.6. The zero-order valence-corrected chi connectivity index (χ0v) is 12.0. The van der Waals surface area contributed by atoms with E-state index in [4.69, 9.17) is 5.73 Å². The van der Waals surface area contributed by atoms with Gasteiger partial charge in [0.15, 0.2) is 15.7 Å². The third-order valence-electron chi connectivity index (χ3n) is 3.22. The minimum atomic E-state index is -3.38. The molecule has 2 unspecified atom stereocenters. The van der Waals surface area contributed by atoms with E-state index < -0.39 is 9.84 Å². The Morgan fingerprint density at radius 1 is 1.61 bits per heavy atom. The molecule has 0 aromatic carbocycles. The number of hydrogen-bond acceptors (Lipinski definition) is 7. The Morgan fingerprint density at radius 3 is 2.78 bits per heavy atom. The van der Waals surface area contributed by atoms with Gasteiger partial charge in [0.25, 0.3) is 0 Å². The van der Waals surface area contributed by atoms with E-state index in [1.165, 1.54) is 0 Å². The van der Waals surface area contributed by atoms with Gasteiger partial charge in [-0.05, 0) is 24.9 Å². The molecule has 2 rings (SSSR count). The number of anilines is 2. The van der Waals surface area contributed by atoms with Gasteiger partial charge in [-0.15, -0.1) is 0 Å². The molecule has 2 heterocycles. The second-order valence-corrected chi connectivity index (χ2v) is 7.41. The lowest BCUT2D eigenvalue weighted by molar-refractivity contribution is 0.136. The van der Waals surface area contributed by atoms with Gasteiger partial charge < -0.3 is 15.7 Å². The Balaban J connectivity index is 2.31. The summed E-state index contributed by atoms with van der Waals surface area (Å²) in [4.78, 5) is 2.07. The summed E-state index contributed by atoms with van der Waals surface area (Å²) in [6.45, 7) is 3.12. The second kappa shape index (κ2) is 4.67. The first-order valence-corrected chi connectivity index (χ1v) is 8.35. The van der Waals surface area contributed by atoms with Gasteiger partial charge in [0, 0.05) is 25.3 Å². The fourth-order valence-electron chi connectivity index (χ4n) is 2.20. The zero-order chi connectivity index (χ0) is 13.5. The lowest BCUT2D eigenvalue weighted by Crippen LogP contribution is -2.24. The summed E-state index contributed by atoms with van der Waals surface area (Å²) in [7, 11) is -3.38. The van der Waals surface area contributed by atoms with Crippen LogP contribution in [0.3, 0.4) is 0 Å². The number of hydrogen-bond donors (Lipinski definition) is 2. The number of nitrogens with zero attached hydrogens (tertiary/aromatic N) is 2. The van der Waals surface area contributed by atoms with Crippen LogP contribution in [0, 0.1) is 5.92 Å². The van der Waals surface area contributed by atoms with Crippen molar-refractivity contribution in [3.05, 3.63) is 0 Å². The van der Waals surface area contributed by atoms with E-state index in [0.717, 1.165) is 30.8 Å². The van der Waals surface area contributed by atoms with Crippen molar-refractivity contribution in [1.29, 1.82) is 0 Å². The Bertz CT molecular complexity index is 539. The van der Waals surface area contributed by atoms with Crippen LogP contribution in [-0.4, -0.2) is 43.3 Å². The maximum absolute atomic E-state index is 11.7. The molecule has 1 aromatic rings. The average molecular weight is 291 g/mol. The van der Waals surface area contributed by atoms with Gasteiger partial charge >= 0.3 is 0 Å². The number of nitrogens with two attached hydrogens (primary N) is 1. The van der Waals surface area contributed by atoms with E-state index in [1.807, 2.05) is 4.90 Å². The Kier molecular flexibility index (Phi) is 3.52. The van der Waals surface area contributed by atoms with E-state index in [2.05, 4.69) is 4.37 Å². The third-order valence-corrected chi connectivity index (χ3v) is 5.42. The number of aliphatic hydroxyl groups is 1. The number of aromatic nitrogens is 1. The highest BCUT2D eigenvalue weighted by atomic mass is 32.2. The van der Waals surface area contributed by atoms with Crippen LogP contribution in [0.5, 0.6) is 0 Å². The minimum absolute atomic E-state index is 0.0676. The summed E-state index contributed by atoms with van der Waals surface area (Å²) in [5, 5.41) is 10.2. The van der Waals surface area contributed by atoms with E-state index in [9.17, 15) is 13.5 Å². The van der Waals surface area contributed by atoms with Gasteiger partial charge in [-0.2, -0.15) is 4.37 Å². The van der Waals surface area contributed by atoms with E-state index in [-0.39, 0.29) is 22.7 Å². The van der Waals surface area contributed by atoms with Crippen molar-refractivity contribution in [1.82, 2.24) is 4.37 Å². The van der Waals surface area contributed by atoms with Gasteiger partial charge in [-0.3, -0.25) is 0 Å². The number of nitrogen functional groups attached to an aromatic ring is 1. The standard InChI is InChI=1S/C10H17N3O3S2/c1-6(14)7-3-4-13(5-7)10-8(18(2,15)16)9(11)12-17-10/h6-7,14H,3-5H2,1-2H3,(H2,11,12). The second-order valence-electron chi connectivity index (χ2n) is 4.71. The summed E-state index contributed by atoms with van der Waals surface area (Å²) >= 11 is 1.10. The smallest absolute Gasteiger partial charge is 0.182 e. The van der Waals surface area contributed by atoms with Crippen LogP contribution in [0.1, 0.15) is 13.3 Å². The van der Waals surface area contributed by atoms with Crippen LogP contribution < -0.4 is 10.6 Å². The monoisotopic (exact) mass is 291 g/mol. The summed E-state index contributed by atoms with van der Waals surface area (Å²) in [6.07, 6.45) is 1.60. The molecule has 6 nitrogen and oxygen atoms in total. The topological polar surface area (TPSA) is 96.5 Å². The number of aliphatic hydroxyl groups excluding tert-OH is 1. The van der Waals surface area contributed by atoms with E-state index >= 15 is 0 Å². The lowest BCUT2D eigenvalue weighted by atomic mass is 10.0. The van der Waals surface area contributed by atoms with Crippen molar-refractivity contribution in [2.45, 2.75) is 24.3 Å². The van der Waals surface area contributed by atoms with Gasteiger partial charge in [0.05, 0.1) is 6.10 Å². The predicted molar refractivity (Wildman–Crippen MR) is 71.6 cm³/mol. The number of rotatable bonds is 3. The van der Waals surface area contributed by atoms with Gasteiger partial charge in [0.1, 0.15) is 9.90 Å². The highest BCUT2D eigenvalue weighted by Crippen LogP contribution is 2.37. The summed E-state index contributed by atoms with van der Waals surface area (Å²) < 4.78 is 27.4. The molecule has 1 aromatic heterocycles. The lowest BCUT2D eigenvalue weighted by Gasteiger charge is -2.18. The van der Waals surface area contributed by atoms with Crippen molar-refractivity contribution in [2.75, 3.05) is 30.0 Å². The summed E-state index contributed by atoms with van der Waals surface area (Å²) in [5.74, 6) is 0.235. The molecule has 102 valence electrons. The highest BCUT2D eigenvalue weighted by molar-refractivity contribution is 7.91. The molecule has 2 atom stereocenters. The van der Waals surface area contributed by atoms with Gasteiger partial charge in [0.2, 0.25) is 0 Å². The first-order chi connectivity index (χ1) is 8.30. The molecule has 0 amide bonds. The third kappa shape index (κ3) is 2.45. The van der Waals surface area contributed by atoms with Crippen LogP contribution in [0.15, 0.2) is 4.90 Å². The van der Waals surface area contributed by atoms with Crippen LogP contribution in [-0.2, 0) is 9.84 Å². The first-order valence-electron chi connectivity index (χ1n) is 5.69. The maximum Gasteiger partial charge on any atom is 0.182 e. The fraction of sp³-hybridized carbons (Fsp3) is 0.700. The van der Waals surface area contributed by atoms with Crippen LogP contribution in [0.4, 0.5) is 10.8 Å². The van der Waals surface area contributed by atoms with Crippen molar-refractivity contribution >= 4 is 32.2 Å². The highest BCUT2D eigenvalue weighted by Gasteiger charge is 2.31. The van der Waals surface area contributed by atoms with Crippen molar-refractivity contribution in [3.8, 4) is 0 Å². The molecule has 1 aliphatic rings. The molecule has 3 N–H and O–H groups in total. The van der Waals surface area contributed by atoms with Crippen molar-refractivity contribution in [2.24, 2.45) is 5.92 Å². The minimum Gasteiger partial charge on any atom is -0.393 e. The Hall–Kier alpha value is -0.860. The van der Waals surface area contributed by atoms with Gasteiger partial charge in [-0.25, -0.2) is 8.42 Å². The molecular formula is C10H17N3O3S2. The maximum atomic E-state index is 11.7. The molecule has 0 aliphatic carbocycles.